The van der Waals surface area contributed by atoms with Crippen molar-refractivity contribution in [2.24, 2.45) is 0 Å². The minimum atomic E-state index is -0.351. The summed E-state index contributed by atoms with van der Waals surface area (Å²) in [5.74, 6) is -0.648. The van der Waals surface area contributed by atoms with Gasteiger partial charge in [-0.05, 0) is 29.6 Å². The summed E-state index contributed by atoms with van der Waals surface area (Å²) in [4.78, 5) is 12.2. The van der Waals surface area contributed by atoms with Crippen LogP contribution in [0.5, 0.6) is 0 Å². The van der Waals surface area contributed by atoms with Crippen LogP contribution in [0.1, 0.15) is 15.2 Å². The quantitative estimate of drug-likeness (QED) is 0.883. The average molecular weight is 349 g/mol. The Kier molecular flexibility index (Phi) is 4.37. The third-order valence-corrected chi connectivity index (χ3v) is 4.10. The zero-order valence-corrected chi connectivity index (χ0v) is 12.2. The van der Waals surface area contributed by atoms with E-state index in [0.29, 0.717) is 15.5 Å². The molecule has 1 N–H and O–H groups in total. The van der Waals surface area contributed by atoms with E-state index in [1.165, 1.54) is 17.4 Å². The number of hydrogen-bond acceptors (Lipinski definition) is 2. The number of amides is 1. The van der Waals surface area contributed by atoms with Crippen LogP contribution in [0.2, 0.25) is 5.02 Å². The molecule has 6 heteroatoms. The molecule has 0 aliphatic heterocycles. The molecule has 1 amide bonds. The Morgan fingerprint density at radius 3 is 2.89 bits per heavy atom. The summed E-state index contributed by atoms with van der Waals surface area (Å²) in [6.45, 7) is 0.123. The molecule has 2 aromatic rings. The predicted octanol–water partition coefficient (Wildman–Crippen LogP) is 4.23. The van der Waals surface area contributed by atoms with Gasteiger partial charge < -0.3 is 5.32 Å². The summed E-state index contributed by atoms with van der Waals surface area (Å²) < 4.78 is 14.2. The third kappa shape index (κ3) is 3.10. The molecule has 0 atom stereocenters. The molecule has 0 bridgehead atoms. The van der Waals surface area contributed by atoms with Crippen LogP contribution in [0.25, 0.3) is 0 Å². The van der Waals surface area contributed by atoms with Gasteiger partial charge in [0.05, 0.1) is 5.02 Å². The minimum Gasteiger partial charge on any atom is -0.347 e. The molecule has 1 heterocycles. The van der Waals surface area contributed by atoms with Crippen molar-refractivity contribution < 1.29 is 9.18 Å². The van der Waals surface area contributed by atoms with Gasteiger partial charge in [0, 0.05) is 16.6 Å². The molecule has 0 saturated heterocycles. The number of benzene rings is 1. The average Bonchev–Trinajstić information content (AvgIpc) is 2.76. The molecule has 0 unspecified atom stereocenters. The van der Waals surface area contributed by atoms with Gasteiger partial charge in [-0.3, -0.25) is 4.79 Å². The molecular weight excluding hydrogens is 341 g/mol. The van der Waals surface area contributed by atoms with Gasteiger partial charge in [0.15, 0.2) is 0 Å². The summed E-state index contributed by atoms with van der Waals surface area (Å²) in [6, 6.07) is 6.24. The first-order valence-corrected chi connectivity index (χ1v) is 7.08. The lowest BCUT2D eigenvalue weighted by atomic mass is 10.2. The van der Waals surface area contributed by atoms with Gasteiger partial charge in [0.2, 0.25) is 0 Å². The van der Waals surface area contributed by atoms with E-state index in [9.17, 15) is 9.18 Å². The van der Waals surface area contributed by atoms with E-state index < -0.39 is 0 Å². The fourth-order valence-corrected chi connectivity index (χ4v) is 2.86. The van der Waals surface area contributed by atoms with Crippen LogP contribution in [0.4, 0.5) is 4.39 Å². The van der Waals surface area contributed by atoms with E-state index in [0.717, 1.165) is 4.47 Å². The Hall–Kier alpha value is -0.910. The number of hydrogen-bond donors (Lipinski definition) is 1. The highest BCUT2D eigenvalue weighted by molar-refractivity contribution is 9.10. The van der Waals surface area contributed by atoms with E-state index in [1.54, 1.807) is 23.6 Å². The lowest BCUT2D eigenvalue weighted by Crippen LogP contribution is -2.22. The van der Waals surface area contributed by atoms with E-state index >= 15 is 0 Å². The zero-order valence-electron chi connectivity index (χ0n) is 9.04. The van der Waals surface area contributed by atoms with Crippen molar-refractivity contribution in [2.45, 2.75) is 6.54 Å². The molecule has 2 rings (SSSR count). The Bertz CT molecular complexity index is 587. The Balaban J connectivity index is 2.06. The summed E-state index contributed by atoms with van der Waals surface area (Å²) in [6.07, 6.45) is 0. The monoisotopic (exact) mass is 347 g/mol. The molecular formula is C12H8BrClFNOS. The van der Waals surface area contributed by atoms with Crippen molar-refractivity contribution in [2.75, 3.05) is 0 Å². The molecule has 0 saturated carbocycles. The van der Waals surface area contributed by atoms with Crippen LogP contribution in [0.3, 0.4) is 0 Å². The highest BCUT2D eigenvalue weighted by Crippen LogP contribution is 2.22. The largest absolute Gasteiger partial charge is 0.347 e. The molecule has 0 radical (unpaired) electrons. The van der Waals surface area contributed by atoms with E-state index in [4.69, 9.17) is 11.6 Å². The second kappa shape index (κ2) is 5.82. The standard InChI is InChI=1S/C12H8BrClFNOS/c13-8-1-2-10(15)7(5-8)6-16-12(17)11-9(14)3-4-18-11/h1-5H,6H2,(H,16,17). The van der Waals surface area contributed by atoms with E-state index in [1.807, 2.05) is 0 Å². The molecule has 0 fully saturated rings. The number of nitrogens with one attached hydrogen (secondary N) is 1. The van der Waals surface area contributed by atoms with Gasteiger partial charge >= 0.3 is 0 Å². The predicted molar refractivity (Wildman–Crippen MR) is 74.6 cm³/mol. The van der Waals surface area contributed by atoms with Gasteiger partial charge in [-0.15, -0.1) is 11.3 Å². The molecule has 1 aromatic carbocycles. The van der Waals surface area contributed by atoms with E-state index in [-0.39, 0.29) is 18.3 Å². The highest BCUT2D eigenvalue weighted by atomic mass is 79.9. The summed E-state index contributed by atoms with van der Waals surface area (Å²) >= 11 is 10.3. The summed E-state index contributed by atoms with van der Waals surface area (Å²) in [7, 11) is 0. The van der Waals surface area contributed by atoms with Gasteiger partial charge in [-0.1, -0.05) is 27.5 Å². The van der Waals surface area contributed by atoms with Gasteiger partial charge in [-0.2, -0.15) is 0 Å². The second-order valence-electron chi connectivity index (χ2n) is 3.52. The highest BCUT2D eigenvalue weighted by Gasteiger charge is 2.12. The van der Waals surface area contributed by atoms with Crippen molar-refractivity contribution >= 4 is 44.8 Å². The molecule has 94 valence electrons. The molecule has 0 aliphatic rings. The summed E-state index contributed by atoms with van der Waals surface area (Å²) in [5.41, 5.74) is 0.422. The topological polar surface area (TPSA) is 29.1 Å². The third-order valence-electron chi connectivity index (χ3n) is 2.27. The molecule has 2 nitrogen and oxygen atoms in total. The van der Waals surface area contributed by atoms with Crippen molar-refractivity contribution in [1.82, 2.24) is 5.32 Å². The summed E-state index contributed by atoms with van der Waals surface area (Å²) in [5, 5.41) is 4.78. The lowest BCUT2D eigenvalue weighted by Gasteiger charge is -2.06. The molecule has 18 heavy (non-hydrogen) atoms. The number of carbonyl (C=O) groups is 1. The fourth-order valence-electron chi connectivity index (χ4n) is 1.39. The van der Waals surface area contributed by atoms with Crippen molar-refractivity contribution in [1.29, 1.82) is 0 Å². The van der Waals surface area contributed by atoms with Gasteiger partial charge in [-0.25, -0.2) is 4.39 Å². The number of thiophene rings is 1. The fraction of sp³-hybridized carbons (Fsp3) is 0.0833. The Labute approximate surface area is 121 Å². The maximum atomic E-state index is 13.4. The Morgan fingerprint density at radius 2 is 2.22 bits per heavy atom. The maximum absolute atomic E-state index is 13.4. The van der Waals surface area contributed by atoms with Crippen LogP contribution >= 0.6 is 38.9 Å². The number of rotatable bonds is 3. The first kappa shape index (κ1) is 13.5. The normalized spacial score (nSPS) is 10.4. The minimum absolute atomic E-state index is 0.123. The first-order chi connectivity index (χ1) is 8.58. The van der Waals surface area contributed by atoms with Gasteiger partial charge in [0.25, 0.3) is 5.91 Å². The second-order valence-corrected chi connectivity index (χ2v) is 5.76. The van der Waals surface area contributed by atoms with Crippen LogP contribution < -0.4 is 5.32 Å². The first-order valence-electron chi connectivity index (χ1n) is 5.03. The van der Waals surface area contributed by atoms with Crippen LogP contribution in [0, 0.1) is 5.82 Å². The van der Waals surface area contributed by atoms with Crippen LogP contribution in [-0.4, -0.2) is 5.91 Å². The maximum Gasteiger partial charge on any atom is 0.263 e. The van der Waals surface area contributed by atoms with Crippen molar-refractivity contribution in [3.05, 3.63) is 55.4 Å². The lowest BCUT2D eigenvalue weighted by molar-refractivity contribution is 0.0955. The zero-order chi connectivity index (χ0) is 13.1. The van der Waals surface area contributed by atoms with E-state index in [2.05, 4.69) is 21.2 Å². The van der Waals surface area contributed by atoms with Crippen LogP contribution in [0.15, 0.2) is 34.1 Å². The van der Waals surface area contributed by atoms with Gasteiger partial charge in [0.1, 0.15) is 10.7 Å². The smallest absolute Gasteiger partial charge is 0.263 e. The SMILES string of the molecule is O=C(NCc1cc(Br)ccc1F)c1sccc1Cl. The van der Waals surface area contributed by atoms with Crippen molar-refractivity contribution in [3.8, 4) is 0 Å². The number of carbonyl (C=O) groups excluding carboxylic acids is 1. The molecule has 1 aromatic heterocycles. The van der Waals surface area contributed by atoms with Crippen LogP contribution in [-0.2, 0) is 6.54 Å². The Morgan fingerprint density at radius 1 is 1.44 bits per heavy atom. The molecule has 0 spiro atoms. The van der Waals surface area contributed by atoms with Crippen molar-refractivity contribution in [3.63, 3.8) is 0 Å². The molecule has 0 aliphatic carbocycles. The number of halogens is 3.